The highest BCUT2D eigenvalue weighted by Gasteiger charge is 2.19. The van der Waals surface area contributed by atoms with Gasteiger partial charge in [0, 0.05) is 17.3 Å². The molecule has 0 fully saturated rings. The normalized spacial score (nSPS) is 10.3. The van der Waals surface area contributed by atoms with E-state index in [0.717, 1.165) is 11.3 Å². The quantitative estimate of drug-likeness (QED) is 0.690. The molecule has 1 aromatic heterocycles. The molecule has 0 bridgehead atoms. The van der Waals surface area contributed by atoms with Gasteiger partial charge in [0.15, 0.2) is 5.75 Å². The van der Waals surface area contributed by atoms with Crippen LogP contribution in [-0.4, -0.2) is 22.9 Å². The van der Waals surface area contributed by atoms with Gasteiger partial charge in [-0.1, -0.05) is 0 Å². The monoisotopic (exact) mass is 315 g/mol. The second-order valence-corrected chi connectivity index (χ2v) is 5.14. The maximum atomic E-state index is 12.4. The average Bonchev–Trinajstić information content (AvgIpc) is 2.49. The first-order valence-corrected chi connectivity index (χ1v) is 6.92. The third-order valence-electron chi connectivity index (χ3n) is 3.40. The number of anilines is 1. The Balaban J connectivity index is 2.35. The third kappa shape index (κ3) is 3.45. The molecule has 7 nitrogen and oxygen atoms in total. The van der Waals surface area contributed by atoms with E-state index in [9.17, 15) is 14.9 Å². The molecule has 0 unspecified atom stereocenters. The van der Waals surface area contributed by atoms with Crippen LogP contribution < -0.4 is 10.1 Å². The van der Waals surface area contributed by atoms with Crippen molar-refractivity contribution in [1.82, 2.24) is 4.98 Å². The van der Waals surface area contributed by atoms with Gasteiger partial charge in [0.05, 0.1) is 23.4 Å². The van der Waals surface area contributed by atoms with Gasteiger partial charge >= 0.3 is 5.69 Å². The third-order valence-corrected chi connectivity index (χ3v) is 3.40. The fraction of sp³-hybridized carbons (Fsp3) is 0.250. The number of pyridine rings is 1. The molecule has 1 aromatic carbocycles. The molecular weight excluding hydrogens is 298 g/mol. The Morgan fingerprint density at radius 1 is 1.26 bits per heavy atom. The van der Waals surface area contributed by atoms with E-state index in [-0.39, 0.29) is 17.0 Å². The van der Waals surface area contributed by atoms with Crippen molar-refractivity contribution in [3.8, 4) is 5.75 Å². The number of hydrogen-bond acceptors (Lipinski definition) is 5. The Labute approximate surface area is 133 Å². The van der Waals surface area contributed by atoms with Crippen LogP contribution in [0.2, 0.25) is 0 Å². The van der Waals surface area contributed by atoms with E-state index in [4.69, 9.17) is 4.74 Å². The number of nitrogens with zero attached hydrogens (tertiary/aromatic N) is 2. The molecule has 0 atom stereocenters. The number of ether oxygens (including phenoxy) is 1. The number of nitro benzene ring substituents is 1. The maximum absolute atomic E-state index is 12.4. The molecule has 2 rings (SSSR count). The molecule has 0 radical (unpaired) electrons. The summed E-state index contributed by atoms with van der Waals surface area (Å²) < 4.78 is 4.93. The first kappa shape index (κ1) is 16.4. The van der Waals surface area contributed by atoms with Gasteiger partial charge in [-0.25, -0.2) is 0 Å². The number of hydrogen-bond donors (Lipinski definition) is 1. The van der Waals surface area contributed by atoms with Gasteiger partial charge in [-0.15, -0.1) is 0 Å². The van der Waals surface area contributed by atoms with Gasteiger partial charge in [-0.05, 0) is 44.5 Å². The Hall–Kier alpha value is -2.96. The van der Waals surface area contributed by atoms with Crippen LogP contribution in [0.3, 0.4) is 0 Å². The summed E-state index contributed by atoms with van der Waals surface area (Å²) in [5.74, 6) is -0.330. The number of nitro groups is 1. The predicted molar refractivity (Wildman–Crippen MR) is 86.0 cm³/mol. The Morgan fingerprint density at radius 2 is 1.96 bits per heavy atom. The van der Waals surface area contributed by atoms with Crippen molar-refractivity contribution in [2.75, 3.05) is 12.4 Å². The largest absolute Gasteiger partial charge is 0.490 e. The van der Waals surface area contributed by atoms with Crippen molar-refractivity contribution < 1.29 is 14.5 Å². The summed E-state index contributed by atoms with van der Waals surface area (Å²) in [7, 11) is 1.34. The molecule has 0 aliphatic rings. The van der Waals surface area contributed by atoms with Crippen molar-refractivity contribution >= 4 is 17.3 Å². The number of aryl methyl sites for hydroxylation is 3. The average molecular weight is 315 g/mol. The topological polar surface area (TPSA) is 94.4 Å². The first-order chi connectivity index (χ1) is 10.8. The number of methoxy groups -OCH3 is 1. The SMILES string of the molecule is COc1ccc(C(=O)Nc2c(C)cc(C)nc2C)cc1[N+](=O)[O-]. The molecule has 0 aliphatic carbocycles. The van der Waals surface area contributed by atoms with Crippen LogP contribution in [0, 0.1) is 30.9 Å². The van der Waals surface area contributed by atoms with Crippen molar-refractivity contribution in [3.05, 3.63) is 56.9 Å². The molecule has 0 saturated heterocycles. The lowest BCUT2D eigenvalue weighted by Gasteiger charge is -2.12. The number of aromatic nitrogens is 1. The van der Waals surface area contributed by atoms with Gasteiger partial charge < -0.3 is 10.1 Å². The van der Waals surface area contributed by atoms with Crippen LogP contribution in [0.1, 0.15) is 27.3 Å². The van der Waals surface area contributed by atoms with Crippen molar-refractivity contribution in [3.63, 3.8) is 0 Å². The predicted octanol–water partition coefficient (Wildman–Crippen LogP) is 3.18. The van der Waals surface area contributed by atoms with Crippen molar-refractivity contribution in [2.24, 2.45) is 0 Å². The zero-order chi connectivity index (χ0) is 17.1. The van der Waals surface area contributed by atoms with Gasteiger partial charge in [-0.2, -0.15) is 0 Å². The number of amides is 1. The molecule has 0 spiro atoms. The molecule has 120 valence electrons. The molecule has 7 heteroatoms. The number of carbonyl (C=O) groups is 1. The highest BCUT2D eigenvalue weighted by Crippen LogP contribution is 2.28. The van der Waals surface area contributed by atoms with E-state index in [0.29, 0.717) is 11.4 Å². The van der Waals surface area contributed by atoms with Crippen molar-refractivity contribution in [2.45, 2.75) is 20.8 Å². The van der Waals surface area contributed by atoms with E-state index in [2.05, 4.69) is 10.3 Å². The van der Waals surface area contributed by atoms with E-state index >= 15 is 0 Å². The fourth-order valence-electron chi connectivity index (χ4n) is 2.37. The van der Waals surface area contributed by atoms with Gasteiger partial charge in [-0.3, -0.25) is 19.9 Å². The summed E-state index contributed by atoms with van der Waals surface area (Å²) in [6.07, 6.45) is 0. The number of carbonyl (C=O) groups excluding carboxylic acids is 1. The molecule has 2 aromatic rings. The summed E-state index contributed by atoms with van der Waals surface area (Å²) in [6, 6.07) is 5.94. The lowest BCUT2D eigenvalue weighted by molar-refractivity contribution is -0.385. The molecule has 1 heterocycles. The van der Waals surface area contributed by atoms with Crippen molar-refractivity contribution in [1.29, 1.82) is 0 Å². The smallest absolute Gasteiger partial charge is 0.311 e. The summed E-state index contributed by atoms with van der Waals surface area (Å²) in [5.41, 5.74) is 2.97. The van der Waals surface area contributed by atoms with Gasteiger partial charge in [0.1, 0.15) is 0 Å². The number of rotatable bonds is 4. The van der Waals surface area contributed by atoms with Crippen LogP contribution in [0.25, 0.3) is 0 Å². The minimum absolute atomic E-state index is 0.107. The second-order valence-electron chi connectivity index (χ2n) is 5.14. The lowest BCUT2D eigenvalue weighted by Crippen LogP contribution is -2.15. The molecule has 1 amide bonds. The minimum Gasteiger partial charge on any atom is -0.490 e. The molecule has 0 saturated carbocycles. The molecule has 1 N–H and O–H groups in total. The Morgan fingerprint density at radius 3 is 2.52 bits per heavy atom. The summed E-state index contributed by atoms with van der Waals surface area (Å²) >= 11 is 0. The molecule has 0 aliphatic heterocycles. The standard InChI is InChI=1S/C16H17N3O4/c1-9-7-10(2)17-11(3)15(9)18-16(20)12-5-6-14(23-4)13(8-12)19(21)22/h5-8H,1-4H3,(H,18,20). The summed E-state index contributed by atoms with van der Waals surface area (Å²) in [6.45, 7) is 5.54. The summed E-state index contributed by atoms with van der Waals surface area (Å²) in [4.78, 5) is 27.1. The lowest BCUT2D eigenvalue weighted by atomic mass is 10.1. The first-order valence-electron chi connectivity index (χ1n) is 6.92. The van der Waals surface area contributed by atoms with Gasteiger partial charge in [0.2, 0.25) is 0 Å². The fourth-order valence-corrected chi connectivity index (χ4v) is 2.37. The minimum atomic E-state index is -0.584. The van der Waals surface area contributed by atoms with Crippen LogP contribution in [0.5, 0.6) is 5.75 Å². The van der Waals surface area contributed by atoms with E-state index in [1.165, 1.54) is 25.3 Å². The highest BCUT2D eigenvalue weighted by atomic mass is 16.6. The Kier molecular flexibility index (Phi) is 4.59. The second kappa shape index (κ2) is 6.43. The Bertz CT molecular complexity index is 764. The van der Waals surface area contributed by atoms with E-state index < -0.39 is 10.8 Å². The number of benzene rings is 1. The van der Waals surface area contributed by atoms with Gasteiger partial charge in [0.25, 0.3) is 5.91 Å². The highest BCUT2D eigenvalue weighted by molar-refractivity contribution is 6.05. The molecule has 23 heavy (non-hydrogen) atoms. The zero-order valence-electron chi connectivity index (χ0n) is 13.3. The zero-order valence-corrected chi connectivity index (χ0v) is 13.3. The van der Waals surface area contributed by atoms with Crippen LogP contribution in [-0.2, 0) is 0 Å². The summed E-state index contributed by atoms with van der Waals surface area (Å²) in [5, 5.41) is 13.8. The van der Waals surface area contributed by atoms with E-state index in [1.807, 2.05) is 19.9 Å². The van der Waals surface area contributed by atoms with E-state index in [1.54, 1.807) is 6.92 Å². The van der Waals surface area contributed by atoms with Crippen LogP contribution >= 0.6 is 0 Å². The van der Waals surface area contributed by atoms with Crippen LogP contribution in [0.15, 0.2) is 24.3 Å². The number of nitrogens with one attached hydrogen (secondary N) is 1. The maximum Gasteiger partial charge on any atom is 0.311 e. The molecular formula is C16H17N3O4. The van der Waals surface area contributed by atoms with Crippen LogP contribution in [0.4, 0.5) is 11.4 Å².